The molecule has 0 saturated carbocycles. The number of esters is 1. The lowest BCUT2D eigenvalue weighted by Crippen LogP contribution is -2.03. The lowest BCUT2D eigenvalue weighted by atomic mass is 10.2. The van der Waals surface area contributed by atoms with Gasteiger partial charge in [0.15, 0.2) is 14.9 Å². The van der Waals surface area contributed by atoms with Gasteiger partial charge in [-0.25, -0.2) is 18.2 Å². The summed E-state index contributed by atoms with van der Waals surface area (Å²) in [6, 6.07) is 17.1. The van der Waals surface area contributed by atoms with Gasteiger partial charge in [-0.05, 0) is 29.8 Å². The van der Waals surface area contributed by atoms with Crippen molar-refractivity contribution in [2.24, 2.45) is 0 Å². The molecule has 0 aliphatic carbocycles. The predicted octanol–water partition coefficient (Wildman–Crippen LogP) is 4.28. The molecule has 0 aliphatic heterocycles. The number of benzene rings is 2. The van der Waals surface area contributed by atoms with Crippen LogP contribution in [0.1, 0.15) is 23.3 Å². The highest BCUT2D eigenvalue weighted by Gasteiger charge is 2.13. The van der Waals surface area contributed by atoms with Crippen molar-refractivity contribution in [2.45, 2.75) is 19.1 Å². The van der Waals surface area contributed by atoms with Crippen LogP contribution in [0.25, 0.3) is 0 Å². The molecule has 7 nitrogen and oxygen atoms in total. The molecule has 3 aromatic rings. The van der Waals surface area contributed by atoms with Crippen molar-refractivity contribution < 1.29 is 27.4 Å². The Morgan fingerprint density at radius 1 is 0.967 bits per heavy atom. The molecule has 0 radical (unpaired) electrons. The number of sulfone groups is 1. The number of hydrogen-bond acceptors (Lipinski definition) is 7. The molecule has 1 aromatic heterocycles. The molecule has 0 bridgehead atoms. The summed E-state index contributed by atoms with van der Waals surface area (Å²) in [6.07, 6.45) is 2.37. The van der Waals surface area contributed by atoms with Crippen LogP contribution in [0.3, 0.4) is 0 Å². The van der Waals surface area contributed by atoms with E-state index in [9.17, 15) is 13.2 Å². The maximum absolute atomic E-state index is 12.0. The summed E-state index contributed by atoms with van der Waals surface area (Å²) >= 11 is 0. The summed E-state index contributed by atoms with van der Waals surface area (Å²) in [6.45, 7) is 0.315. The summed E-state index contributed by atoms with van der Waals surface area (Å²) in [5.41, 5.74) is 1.23. The highest BCUT2D eigenvalue weighted by molar-refractivity contribution is 7.90. The molecule has 1 heterocycles. The molecule has 3 rings (SSSR count). The second-order valence-electron chi connectivity index (χ2n) is 6.17. The Bertz CT molecular complexity index is 1100. The zero-order chi connectivity index (χ0) is 20.9. The van der Waals surface area contributed by atoms with Gasteiger partial charge in [-0.15, -0.1) is 0 Å². The molecule has 0 aliphatic rings. The van der Waals surface area contributed by atoms with E-state index < -0.39 is 15.8 Å². The summed E-state index contributed by atoms with van der Waals surface area (Å²) in [7, 11) is -2.12. The largest absolute Gasteiger partial charge is 0.489 e. The zero-order valence-corrected chi connectivity index (χ0v) is 16.7. The van der Waals surface area contributed by atoms with Crippen molar-refractivity contribution in [2.75, 3.05) is 13.4 Å². The Balaban J connectivity index is 0.00000320. The minimum atomic E-state index is -3.40. The quantitative estimate of drug-likeness (QED) is 0.518. The number of ether oxygens (including phenoxy) is 3. The molecular weight excluding hydrogens is 406 g/mol. The predicted molar refractivity (Wildman–Crippen MR) is 113 cm³/mol. The summed E-state index contributed by atoms with van der Waals surface area (Å²) in [5, 5.41) is -0.0555. The normalized spacial score (nSPS) is 10.6. The topological polar surface area (TPSA) is 91.8 Å². The number of pyridine rings is 1. The summed E-state index contributed by atoms with van der Waals surface area (Å²) in [4.78, 5) is 15.9. The van der Waals surface area contributed by atoms with Crippen LogP contribution in [0.4, 0.5) is 0 Å². The first kappa shape index (κ1) is 22.9. The molecule has 0 spiro atoms. The maximum atomic E-state index is 12.0. The number of aromatic nitrogens is 1. The Labute approximate surface area is 176 Å². The van der Waals surface area contributed by atoms with Gasteiger partial charge < -0.3 is 14.2 Å². The van der Waals surface area contributed by atoms with Crippen LogP contribution in [0, 0.1) is 0 Å². The maximum Gasteiger partial charge on any atom is 0.338 e. The Kier molecular flexibility index (Phi) is 7.54. The van der Waals surface area contributed by atoms with Gasteiger partial charge >= 0.3 is 5.97 Å². The average molecular weight is 429 g/mol. The van der Waals surface area contributed by atoms with Crippen LogP contribution in [-0.4, -0.2) is 32.7 Å². The number of nitrogens with zero attached hydrogens (tertiary/aromatic N) is 1. The number of carbonyl (C=O) groups excluding carboxylic acids is 1. The monoisotopic (exact) mass is 429 g/mol. The van der Waals surface area contributed by atoms with E-state index in [0.717, 1.165) is 11.8 Å². The third-order valence-electron chi connectivity index (χ3n) is 3.87. The minimum Gasteiger partial charge on any atom is -0.489 e. The van der Waals surface area contributed by atoms with E-state index in [1.165, 1.54) is 31.5 Å². The van der Waals surface area contributed by atoms with E-state index in [-0.39, 0.29) is 18.0 Å². The average Bonchev–Trinajstić information content (AvgIpc) is 2.72. The van der Waals surface area contributed by atoms with E-state index in [0.29, 0.717) is 23.9 Å². The number of rotatable bonds is 7. The molecule has 0 saturated heterocycles. The Morgan fingerprint density at radius 3 is 2.27 bits per heavy atom. The van der Waals surface area contributed by atoms with E-state index in [2.05, 4.69) is 4.98 Å². The number of hydrogen-bond donors (Lipinski definition) is 0. The van der Waals surface area contributed by atoms with Gasteiger partial charge in [0.05, 0.1) is 18.9 Å². The van der Waals surface area contributed by atoms with Gasteiger partial charge in [0, 0.05) is 12.3 Å². The van der Waals surface area contributed by atoms with Gasteiger partial charge in [-0.1, -0.05) is 37.8 Å². The lowest BCUT2D eigenvalue weighted by molar-refractivity contribution is 0.0599. The second-order valence-corrected chi connectivity index (χ2v) is 8.13. The van der Waals surface area contributed by atoms with E-state index >= 15 is 0 Å². The van der Waals surface area contributed by atoms with Crippen molar-refractivity contribution in [3.05, 3.63) is 78.0 Å². The van der Waals surface area contributed by atoms with Crippen molar-refractivity contribution >= 4 is 15.8 Å². The summed E-state index contributed by atoms with van der Waals surface area (Å²) < 4.78 is 39.3. The smallest absolute Gasteiger partial charge is 0.338 e. The standard InChI is InChI=1S/C21H19NO6S.CH4/c1-26-21(23)16-10-18(27-14-15-6-4-3-5-7-15)12-19(11-16)28-17-8-9-20(22-13-17)29(2,24)25;/h3-13H,14H2,1-2H3;1H4. The number of carbonyl (C=O) groups is 1. The third kappa shape index (κ3) is 6.05. The fourth-order valence-corrected chi connectivity index (χ4v) is 3.03. The minimum absolute atomic E-state index is 0. The first-order chi connectivity index (χ1) is 13.8. The van der Waals surface area contributed by atoms with Crippen LogP contribution in [0.15, 0.2) is 71.9 Å². The molecule has 0 atom stereocenters. The molecule has 8 heteroatoms. The van der Waals surface area contributed by atoms with E-state index in [1.807, 2.05) is 30.3 Å². The molecular formula is C22H23NO6S. The SMILES string of the molecule is C.COC(=O)c1cc(OCc2ccccc2)cc(Oc2ccc(S(C)(=O)=O)nc2)c1. The molecule has 2 aromatic carbocycles. The van der Waals surface area contributed by atoms with Gasteiger partial charge in [0.25, 0.3) is 0 Å². The van der Waals surface area contributed by atoms with Gasteiger partial charge in [0.2, 0.25) is 0 Å². The zero-order valence-electron chi connectivity index (χ0n) is 15.9. The van der Waals surface area contributed by atoms with E-state index in [4.69, 9.17) is 14.2 Å². The third-order valence-corrected chi connectivity index (χ3v) is 4.88. The molecule has 30 heavy (non-hydrogen) atoms. The molecule has 0 fully saturated rings. The van der Waals surface area contributed by atoms with Gasteiger partial charge in [0.1, 0.15) is 23.9 Å². The number of methoxy groups -OCH3 is 1. The van der Waals surface area contributed by atoms with Crippen molar-refractivity contribution in [1.29, 1.82) is 0 Å². The van der Waals surface area contributed by atoms with Crippen LogP contribution in [0.5, 0.6) is 17.2 Å². The first-order valence-corrected chi connectivity index (χ1v) is 10.5. The van der Waals surface area contributed by atoms with Crippen molar-refractivity contribution in [3.63, 3.8) is 0 Å². The van der Waals surface area contributed by atoms with Crippen LogP contribution in [0.2, 0.25) is 0 Å². The second kappa shape index (κ2) is 9.89. The first-order valence-electron chi connectivity index (χ1n) is 8.59. The van der Waals surface area contributed by atoms with Crippen LogP contribution >= 0.6 is 0 Å². The molecule has 0 N–H and O–H groups in total. The summed E-state index contributed by atoms with van der Waals surface area (Å²) in [5.74, 6) is 0.524. The lowest BCUT2D eigenvalue weighted by Gasteiger charge is -2.12. The van der Waals surface area contributed by atoms with Gasteiger partial charge in [-0.3, -0.25) is 0 Å². The Morgan fingerprint density at radius 2 is 1.67 bits per heavy atom. The fraction of sp³-hybridized carbons (Fsp3) is 0.182. The van der Waals surface area contributed by atoms with Crippen molar-refractivity contribution in [1.82, 2.24) is 4.98 Å². The van der Waals surface area contributed by atoms with E-state index in [1.54, 1.807) is 12.1 Å². The highest BCUT2D eigenvalue weighted by atomic mass is 32.2. The molecule has 0 amide bonds. The molecule has 158 valence electrons. The molecule has 0 unspecified atom stereocenters. The highest BCUT2D eigenvalue weighted by Crippen LogP contribution is 2.28. The fourth-order valence-electron chi connectivity index (χ4n) is 2.47. The van der Waals surface area contributed by atoms with Crippen LogP contribution in [-0.2, 0) is 21.2 Å². The van der Waals surface area contributed by atoms with Gasteiger partial charge in [-0.2, -0.15) is 0 Å². The van der Waals surface area contributed by atoms with Crippen molar-refractivity contribution in [3.8, 4) is 17.2 Å². The van der Waals surface area contributed by atoms with Crippen LogP contribution < -0.4 is 9.47 Å². The Hall–Kier alpha value is -3.39.